The summed E-state index contributed by atoms with van der Waals surface area (Å²) in [7, 11) is 0. The molecule has 14 nitrogen and oxygen atoms in total. The van der Waals surface area contributed by atoms with Crippen molar-refractivity contribution in [3.8, 4) is 17.2 Å². The normalized spacial score (nSPS) is 32.9. The van der Waals surface area contributed by atoms with Crippen LogP contribution in [0.15, 0.2) is 78.9 Å². The average molecular weight is 681 g/mol. The number of carbonyl (C=O) groups is 2. The Morgan fingerprint density at radius 2 is 1.63 bits per heavy atom. The molecule has 0 amide bonds. The fourth-order valence-corrected chi connectivity index (χ4v) is 6.06. The third kappa shape index (κ3) is 6.83. The maximum absolute atomic E-state index is 13.1. The summed E-state index contributed by atoms with van der Waals surface area (Å²) in [6.07, 6.45) is -12.2. The molecule has 49 heavy (non-hydrogen) atoms. The number of ether oxygens (including phenoxy) is 5. The predicted molar refractivity (Wildman–Crippen MR) is 167 cm³/mol. The molecular formula is C35H36O14. The molecule has 0 radical (unpaired) electrons. The number of Topliss-reactive ketones (excluding diaryl/α,β-unsaturated/α-hetero) is 1. The van der Waals surface area contributed by atoms with Crippen LogP contribution in [-0.4, -0.2) is 115 Å². The van der Waals surface area contributed by atoms with Crippen molar-refractivity contribution in [2.75, 3.05) is 13.2 Å². The minimum absolute atomic E-state index is 0.000132. The third-order valence-electron chi connectivity index (χ3n) is 8.76. The highest BCUT2D eigenvalue weighted by molar-refractivity contribution is 6.02. The zero-order valence-corrected chi connectivity index (χ0v) is 25.9. The number of phenols is 1. The highest BCUT2D eigenvalue weighted by atomic mass is 16.8. The molecule has 2 fully saturated rings. The number of ketones is 2. The molecule has 7 N–H and O–H groups in total. The fourth-order valence-electron chi connectivity index (χ4n) is 6.06. The molecule has 260 valence electrons. The average Bonchev–Trinajstić information content (AvgIpc) is 3.36. The van der Waals surface area contributed by atoms with E-state index in [0.717, 1.165) is 17.7 Å². The summed E-state index contributed by atoms with van der Waals surface area (Å²) in [5.74, 6) is -1.79. The van der Waals surface area contributed by atoms with Gasteiger partial charge in [-0.05, 0) is 17.2 Å². The van der Waals surface area contributed by atoms with Crippen molar-refractivity contribution in [1.82, 2.24) is 0 Å². The maximum Gasteiger partial charge on any atom is 0.229 e. The Morgan fingerprint density at radius 1 is 0.939 bits per heavy atom. The Kier molecular flexibility index (Phi) is 10.1. The number of rotatable bonds is 10. The molecule has 0 aliphatic carbocycles. The first kappa shape index (κ1) is 34.6. The molecule has 3 aliphatic heterocycles. The molecule has 1 unspecified atom stereocenters. The molecule has 14 heteroatoms. The Labute approximate surface area is 279 Å². The van der Waals surface area contributed by atoms with Gasteiger partial charge in [-0.25, -0.2) is 0 Å². The summed E-state index contributed by atoms with van der Waals surface area (Å²) in [6.45, 7) is -1.87. The zero-order chi connectivity index (χ0) is 34.9. The van der Waals surface area contributed by atoms with Crippen LogP contribution in [0.3, 0.4) is 0 Å². The van der Waals surface area contributed by atoms with E-state index in [1.807, 2.05) is 6.07 Å². The molecule has 3 aromatic rings. The molecule has 6 rings (SSSR count). The number of fused-ring (bicyclic) bond motifs is 1. The minimum Gasteiger partial charge on any atom is -0.507 e. The Balaban J connectivity index is 1.25. The van der Waals surface area contributed by atoms with Crippen LogP contribution >= 0.6 is 0 Å². The van der Waals surface area contributed by atoms with Crippen LogP contribution in [0.1, 0.15) is 34.0 Å². The summed E-state index contributed by atoms with van der Waals surface area (Å²) < 4.78 is 29.0. The van der Waals surface area contributed by atoms with Gasteiger partial charge in [-0.3, -0.25) is 9.59 Å². The smallest absolute Gasteiger partial charge is 0.229 e. The minimum atomic E-state index is -2.53. The summed E-state index contributed by atoms with van der Waals surface area (Å²) in [5.41, 5.74) is -1.22. The maximum atomic E-state index is 13.1. The molecular weight excluding hydrogens is 644 g/mol. The third-order valence-corrected chi connectivity index (χ3v) is 8.76. The Bertz CT molecular complexity index is 1670. The van der Waals surface area contributed by atoms with Crippen LogP contribution in [0.5, 0.6) is 17.2 Å². The van der Waals surface area contributed by atoms with Gasteiger partial charge in [-0.2, -0.15) is 0 Å². The van der Waals surface area contributed by atoms with Crippen LogP contribution in [0.25, 0.3) is 6.08 Å². The first-order valence-corrected chi connectivity index (χ1v) is 15.5. The number of benzene rings is 3. The number of phenolic OH excluding ortho intramolecular Hbond substituents is 1. The first-order valence-electron chi connectivity index (χ1n) is 15.5. The quantitative estimate of drug-likeness (QED) is 0.144. The van der Waals surface area contributed by atoms with E-state index >= 15 is 0 Å². The lowest BCUT2D eigenvalue weighted by molar-refractivity contribution is -0.320. The van der Waals surface area contributed by atoms with Crippen molar-refractivity contribution in [1.29, 1.82) is 0 Å². The summed E-state index contributed by atoms with van der Waals surface area (Å²) >= 11 is 0. The SMILES string of the molecule is O=C1C[C@@H](c2ccccc2)Oc2cc(O[C@@H]3O[C@H](CO)[C@@H](O)[C@H](O)[C@H]3O[C@@H]3OC(C(=O)/C=C/c4ccccc4)[C@@](O)(CO)[C@@H]3O)cc(O)c21. The lowest BCUT2D eigenvalue weighted by Gasteiger charge is -2.42. The van der Waals surface area contributed by atoms with E-state index in [0.29, 0.717) is 5.56 Å². The van der Waals surface area contributed by atoms with Crippen LogP contribution in [0.2, 0.25) is 0 Å². The number of hydrogen-bond donors (Lipinski definition) is 7. The van der Waals surface area contributed by atoms with E-state index in [4.69, 9.17) is 23.7 Å². The van der Waals surface area contributed by atoms with Gasteiger partial charge in [0, 0.05) is 12.1 Å². The standard InChI is InChI=1S/C35H36O14/c36-16-26-28(41)29(42)30(48-34-31(43)35(44,17-37)32(49-34)21(38)12-11-18-7-3-1-4-8-18)33(47-26)45-20-13-22(39)27-23(40)15-24(46-25(27)14-20)19-9-5-2-6-10-19/h1-14,24,26,28-34,36-37,39,41-44H,15-17H2/b12-11+/t24-,26+,28+,29-,30+,31+,32?,33+,34+,35+/m0/s1. The molecule has 0 aromatic heterocycles. The molecule has 3 aliphatic rings. The summed E-state index contributed by atoms with van der Waals surface area (Å²) in [5, 5.41) is 74.4. The van der Waals surface area contributed by atoms with E-state index in [9.17, 15) is 45.3 Å². The van der Waals surface area contributed by atoms with Gasteiger partial charge in [0.25, 0.3) is 0 Å². The number of carbonyl (C=O) groups excluding carboxylic acids is 2. The molecule has 0 spiro atoms. The molecule has 2 saturated heterocycles. The molecule has 0 saturated carbocycles. The van der Waals surface area contributed by atoms with Crippen molar-refractivity contribution < 1.29 is 69.0 Å². The molecule has 3 aromatic carbocycles. The van der Waals surface area contributed by atoms with Gasteiger partial charge in [-0.15, -0.1) is 0 Å². The van der Waals surface area contributed by atoms with Crippen molar-refractivity contribution in [3.63, 3.8) is 0 Å². The van der Waals surface area contributed by atoms with Gasteiger partial charge in [-0.1, -0.05) is 66.7 Å². The predicted octanol–water partition coefficient (Wildman–Crippen LogP) is 0.393. The van der Waals surface area contributed by atoms with Crippen molar-refractivity contribution in [2.24, 2.45) is 0 Å². The summed E-state index contributed by atoms with van der Waals surface area (Å²) in [6, 6.07) is 20.1. The zero-order valence-electron chi connectivity index (χ0n) is 25.9. The molecule has 10 atom stereocenters. The molecule has 0 bridgehead atoms. The number of aliphatic hydroxyl groups is 6. The van der Waals surface area contributed by atoms with E-state index in [1.54, 1.807) is 54.6 Å². The monoisotopic (exact) mass is 680 g/mol. The van der Waals surface area contributed by atoms with Gasteiger partial charge in [0.15, 0.2) is 35.7 Å². The van der Waals surface area contributed by atoms with E-state index in [1.165, 1.54) is 12.1 Å². The van der Waals surface area contributed by atoms with Crippen LogP contribution in [0, 0.1) is 0 Å². The second-order valence-corrected chi connectivity index (χ2v) is 12.0. The Hall–Kier alpha value is -4.22. The van der Waals surface area contributed by atoms with E-state index in [2.05, 4.69) is 0 Å². The lowest BCUT2D eigenvalue weighted by atomic mass is 9.90. The van der Waals surface area contributed by atoms with Gasteiger partial charge < -0.3 is 59.4 Å². The topological polar surface area (TPSA) is 222 Å². The largest absolute Gasteiger partial charge is 0.507 e. The van der Waals surface area contributed by atoms with Gasteiger partial charge in [0.2, 0.25) is 6.29 Å². The van der Waals surface area contributed by atoms with E-state index in [-0.39, 0.29) is 29.3 Å². The molecule has 3 heterocycles. The van der Waals surface area contributed by atoms with Crippen molar-refractivity contribution in [2.45, 2.75) is 67.3 Å². The number of aliphatic hydroxyl groups excluding tert-OH is 5. The second-order valence-electron chi connectivity index (χ2n) is 12.0. The van der Waals surface area contributed by atoms with Crippen LogP contribution < -0.4 is 9.47 Å². The van der Waals surface area contributed by atoms with Crippen molar-refractivity contribution in [3.05, 3.63) is 95.6 Å². The van der Waals surface area contributed by atoms with Gasteiger partial charge in [0.1, 0.15) is 53.3 Å². The lowest BCUT2D eigenvalue weighted by Crippen LogP contribution is -2.62. The summed E-state index contributed by atoms with van der Waals surface area (Å²) in [4.78, 5) is 26.1. The Morgan fingerprint density at radius 3 is 2.31 bits per heavy atom. The first-order chi connectivity index (χ1) is 23.5. The number of hydrogen-bond acceptors (Lipinski definition) is 14. The fraction of sp³-hybridized carbons (Fsp3) is 0.371. The van der Waals surface area contributed by atoms with Crippen molar-refractivity contribution >= 4 is 17.6 Å². The van der Waals surface area contributed by atoms with Gasteiger partial charge >= 0.3 is 0 Å². The van der Waals surface area contributed by atoms with Gasteiger partial charge in [0.05, 0.1) is 19.6 Å². The highest BCUT2D eigenvalue weighted by Crippen LogP contribution is 2.43. The van der Waals surface area contributed by atoms with E-state index < -0.39 is 85.7 Å². The number of aromatic hydroxyl groups is 1. The highest BCUT2D eigenvalue weighted by Gasteiger charge is 2.60. The van der Waals surface area contributed by atoms with Crippen LogP contribution in [0.4, 0.5) is 0 Å². The van der Waals surface area contributed by atoms with Crippen LogP contribution in [-0.2, 0) is 19.0 Å². The second kappa shape index (κ2) is 14.3.